The van der Waals surface area contributed by atoms with Gasteiger partial charge in [-0.15, -0.1) is 0 Å². The van der Waals surface area contributed by atoms with Gasteiger partial charge in [-0.3, -0.25) is 0 Å². The molecule has 0 amide bonds. The molecule has 0 saturated carbocycles. The van der Waals surface area contributed by atoms with Crippen molar-refractivity contribution in [2.24, 2.45) is 0 Å². The van der Waals surface area contributed by atoms with Gasteiger partial charge in [0.2, 0.25) is 0 Å². The SMILES string of the molecule is CN(C)c1ccc2c([c]1[Zr+2]([CH]1C=CC=C1)[CH](c1ccccc1)c1ccccc1)Cc1ccccc1-2.[Cl-].[Cl-]. The molecule has 4 aromatic carbocycles. The van der Waals surface area contributed by atoms with Crippen molar-refractivity contribution in [3.05, 3.63) is 144 Å². The Morgan fingerprint density at radius 2 is 1.24 bits per heavy atom. The van der Waals surface area contributed by atoms with Crippen LogP contribution < -0.4 is 33.0 Å². The Morgan fingerprint density at radius 1 is 0.676 bits per heavy atom. The number of halogens is 2. The molecule has 4 aromatic rings. The average molecular weight is 603 g/mol. The van der Waals surface area contributed by atoms with Crippen LogP contribution in [0.1, 0.15) is 25.9 Å². The van der Waals surface area contributed by atoms with E-state index in [0.717, 1.165) is 6.42 Å². The van der Waals surface area contributed by atoms with E-state index in [-0.39, 0.29) is 24.8 Å². The van der Waals surface area contributed by atoms with Crippen LogP contribution in [0.3, 0.4) is 0 Å². The quantitative estimate of drug-likeness (QED) is 0.283. The second-order valence-corrected chi connectivity index (χ2v) is 16.2. The van der Waals surface area contributed by atoms with E-state index in [9.17, 15) is 0 Å². The van der Waals surface area contributed by atoms with Gasteiger partial charge in [-0.1, -0.05) is 0 Å². The van der Waals surface area contributed by atoms with Crippen LogP contribution >= 0.6 is 0 Å². The van der Waals surface area contributed by atoms with E-state index in [1.807, 2.05) is 0 Å². The predicted molar refractivity (Wildman–Crippen MR) is 145 cm³/mol. The summed E-state index contributed by atoms with van der Waals surface area (Å²) in [6.07, 6.45) is 10.5. The third-order valence-electron chi connectivity index (χ3n) is 7.42. The van der Waals surface area contributed by atoms with Gasteiger partial charge in [0.25, 0.3) is 0 Å². The van der Waals surface area contributed by atoms with E-state index in [2.05, 4.69) is 140 Å². The summed E-state index contributed by atoms with van der Waals surface area (Å²) in [4.78, 5) is 2.36. The molecule has 0 unspecified atom stereocenters. The number of hydrogen-bond donors (Lipinski definition) is 0. The van der Waals surface area contributed by atoms with Crippen LogP contribution in [0.25, 0.3) is 11.1 Å². The zero-order chi connectivity index (χ0) is 23.8. The normalized spacial score (nSPS) is 13.1. The molecule has 0 bridgehead atoms. The van der Waals surface area contributed by atoms with E-state index in [1.165, 1.54) is 33.5 Å². The number of fused-ring (bicyclic) bond motifs is 3. The standard InChI is InChI=1S/C15H14N.C13H11.C5H5.2ClH.Zr/c1-16(2)13-7-8-15-12(10-13)9-11-5-3-4-6-14(11)15;1-3-7-12(8-4-1)11-13-9-5-2-6-10-13;1-2-4-5-3-1;;;/h3-8H,9H2,1-2H3;1-11H;1-5H;2*1H;/q;;;;;+2/p-2. The summed E-state index contributed by atoms with van der Waals surface area (Å²) in [7, 11) is 4.43. The molecular weight excluding hydrogens is 573 g/mol. The fourth-order valence-corrected chi connectivity index (χ4v) is 15.5. The molecule has 0 fully saturated rings. The Bertz CT molecular complexity index is 1360. The Kier molecular flexibility index (Phi) is 8.96. The molecule has 2 aliphatic rings. The van der Waals surface area contributed by atoms with Crippen LogP contribution in [0.5, 0.6) is 0 Å². The predicted octanol–water partition coefficient (Wildman–Crippen LogP) is 1.28. The summed E-state index contributed by atoms with van der Waals surface area (Å²) < 4.78 is 2.65. The minimum atomic E-state index is -2.52. The molecule has 6 rings (SSSR count). The van der Waals surface area contributed by atoms with Gasteiger partial charge in [0.15, 0.2) is 0 Å². The molecule has 0 aliphatic heterocycles. The molecule has 37 heavy (non-hydrogen) atoms. The molecule has 0 radical (unpaired) electrons. The van der Waals surface area contributed by atoms with Gasteiger partial charge >= 0.3 is 218 Å². The fourth-order valence-electron chi connectivity index (χ4n) is 5.88. The monoisotopic (exact) mass is 600 g/mol. The van der Waals surface area contributed by atoms with Crippen molar-refractivity contribution in [1.29, 1.82) is 0 Å². The molecule has 0 spiro atoms. The third-order valence-corrected chi connectivity index (χ3v) is 16.1. The molecular formula is C33H30Cl2NZr. The maximum absolute atomic E-state index is 2.52. The second-order valence-electron chi connectivity index (χ2n) is 9.72. The van der Waals surface area contributed by atoms with Gasteiger partial charge in [-0.05, 0) is 0 Å². The van der Waals surface area contributed by atoms with Crippen LogP contribution in [-0.2, 0) is 28.2 Å². The van der Waals surface area contributed by atoms with Crippen LogP contribution in [0.4, 0.5) is 5.69 Å². The van der Waals surface area contributed by atoms with Crippen molar-refractivity contribution in [2.75, 3.05) is 19.0 Å². The Balaban J connectivity index is 0.00000160. The first kappa shape index (κ1) is 27.7. The number of nitrogens with zero attached hydrogens (tertiary/aromatic N) is 1. The zero-order valence-electron chi connectivity index (χ0n) is 21.1. The molecule has 0 atom stereocenters. The molecule has 0 N–H and O–H groups in total. The summed E-state index contributed by atoms with van der Waals surface area (Å²) in [5, 5.41) is 0. The number of anilines is 1. The van der Waals surface area contributed by atoms with E-state index in [0.29, 0.717) is 7.25 Å². The molecule has 185 valence electrons. The first-order chi connectivity index (χ1) is 17.2. The Labute approximate surface area is 241 Å². The van der Waals surface area contributed by atoms with Gasteiger partial charge in [-0.25, -0.2) is 0 Å². The van der Waals surface area contributed by atoms with Gasteiger partial charge in [0.1, 0.15) is 0 Å². The molecule has 4 heteroatoms. The Hall–Kier alpha value is -2.38. The topological polar surface area (TPSA) is 3.24 Å². The van der Waals surface area contributed by atoms with Crippen LogP contribution in [-0.4, -0.2) is 14.1 Å². The molecule has 0 saturated heterocycles. The van der Waals surface area contributed by atoms with Crippen molar-refractivity contribution in [3.8, 4) is 11.1 Å². The minimum Gasteiger partial charge on any atom is -1.00 e. The molecule has 0 aromatic heterocycles. The summed E-state index contributed by atoms with van der Waals surface area (Å²) in [6.45, 7) is 0. The van der Waals surface area contributed by atoms with Crippen molar-refractivity contribution >= 4 is 8.96 Å². The number of hydrogen-bond acceptors (Lipinski definition) is 1. The smallest absolute Gasteiger partial charge is 1.00 e. The molecule has 2 aliphatic carbocycles. The second kappa shape index (κ2) is 12.0. The maximum atomic E-state index is 2.48. The first-order valence-corrected chi connectivity index (χ1v) is 16.5. The summed E-state index contributed by atoms with van der Waals surface area (Å²) in [5.41, 5.74) is 10.2. The van der Waals surface area contributed by atoms with Gasteiger partial charge in [0, 0.05) is 0 Å². The Morgan fingerprint density at radius 3 is 1.84 bits per heavy atom. The van der Waals surface area contributed by atoms with Crippen LogP contribution in [0.15, 0.2) is 121 Å². The summed E-state index contributed by atoms with van der Waals surface area (Å²) >= 11 is -2.52. The van der Waals surface area contributed by atoms with Crippen molar-refractivity contribution in [3.63, 3.8) is 0 Å². The third kappa shape index (κ3) is 5.17. The van der Waals surface area contributed by atoms with E-state index in [1.54, 1.807) is 8.83 Å². The zero-order valence-corrected chi connectivity index (χ0v) is 25.1. The van der Waals surface area contributed by atoms with Crippen molar-refractivity contribution < 1.29 is 46.6 Å². The summed E-state index contributed by atoms with van der Waals surface area (Å²) in [5.74, 6) is 0. The van der Waals surface area contributed by atoms with E-state index >= 15 is 0 Å². The van der Waals surface area contributed by atoms with Crippen molar-refractivity contribution in [1.82, 2.24) is 0 Å². The van der Waals surface area contributed by atoms with Gasteiger partial charge in [0.05, 0.1) is 0 Å². The minimum absolute atomic E-state index is 0. The maximum Gasteiger partial charge on any atom is -1.00 e. The first-order valence-electron chi connectivity index (χ1n) is 12.5. The largest absolute Gasteiger partial charge is 1.00 e. The van der Waals surface area contributed by atoms with Crippen LogP contribution in [0.2, 0.25) is 3.63 Å². The molecule has 1 nitrogen and oxygen atoms in total. The summed E-state index contributed by atoms with van der Waals surface area (Å²) in [6, 6.07) is 36.3. The van der Waals surface area contributed by atoms with Crippen LogP contribution in [0, 0.1) is 0 Å². The number of benzene rings is 4. The van der Waals surface area contributed by atoms with Gasteiger partial charge < -0.3 is 24.8 Å². The number of allylic oxidation sites excluding steroid dienone is 4. The number of rotatable bonds is 6. The fraction of sp³-hybridized carbons (Fsp3) is 0.152. The van der Waals surface area contributed by atoms with E-state index < -0.39 is 21.8 Å². The van der Waals surface area contributed by atoms with E-state index in [4.69, 9.17) is 0 Å². The average Bonchev–Trinajstić information content (AvgIpc) is 3.56. The molecule has 0 heterocycles. The van der Waals surface area contributed by atoms with Crippen molar-refractivity contribution in [2.45, 2.75) is 13.7 Å². The van der Waals surface area contributed by atoms with Gasteiger partial charge in [-0.2, -0.15) is 0 Å².